The van der Waals surface area contributed by atoms with Crippen LogP contribution in [0.2, 0.25) is 0 Å². The van der Waals surface area contributed by atoms with E-state index < -0.39 is 9.84 Å². The molecule has 1 aromatic carbocycles. The van der Waals surface area contributed by atoms with Gasteiger partial charge in [-0.15, -0.1) is 0 Å². The summed E-state index contributed by atoms with van der Waals surface area (Å²) in [6, 6.07) is 8.27. The van der Waals surface area contributed by atoms with Crippen molar-refractivity contribution in [2.75, 3.05) is 12.0 Å². The summed E-state index contributed by atoms with van der Waals surface area (Å²) < 4.78 is 28.8. The van der Waals surface area contributed by atoms with Crippen molar-refractivity contribution in [3.05, 3.63) is 42.1 Å². The topological polar surface area (TPSA) is 82.3 Å². The van der Waals surface area contributed by atoms with Crippen molar-refractivity contribution >= 4 is 15.5 Å². The van der Waals surface area contributed by atoms with E-state index in [0.29, 0.717) is 11.4 Å². The van der Waals surface area contributed by atoms with E-state index in [1.165, 1.54) is 12.3 Å². The minimum absolute atomic E-state index is 0.0299. The Hall–Kier alpha value is -2.08. The standard InChI is InChI=1S/C13H14N2O3S/c1-9-5-6-10(14)11(8-9)18-13-12(19(2,16)17)4-3-7-15-13/h3-8H,14H2,1-2H3. The molecular weight excluding hydrogens is 264 g/mol. The van der Waals surface area contributed by atoms with Gasteiger partial charge in [-0.2, -0.15) is 0 Å². The second-order valence-electron chi connectivity index (χ2n) is 4.22. The highest BCUT2D eigenvalue weighted by molar-refractivity contribution is 7.90. The van der Waals surface area contributed by atoms with Crippen LogP contribution >= 0.6 is 0 Å². The third-order valence-electron chi connectivity index (χ3n) is 2.51. The largest absolute Gasteiger partial charge is 0.436 e. The second kappa shape index (κ2) is 4.89. The summed E-state index contributed by atoms with van der Waals surface area (Å²) in [7, 11) is -3.40. The Kier molecular flexibility index (Phi) is 3.44. The molecule has 0 unspecified atom stereocenters. The van der Waals surface area contributed by atoms with Gasteiger partial charge in [-0.05, 0) is 36.8 Å². The van der Waals surface area contributed by atoms with E-state index in [1.807, 2.05) is 13.0 Å². The lowest BCUT2D eigenvalue weighted by atomic mass is 10.2. The monoisotopic (exact) mass is 278 g/mol. The molecule has 0 radical (unpaired) electrons. The highest BCUT2D eigenvalue weighted by Crippen LogP contribution is 2.30. The van der Waals surface area contributed by atoms with Gasteiger partial charge in [0.05, 0.1) is 5.69 Å². The average molecular weight is 278 g/mol. The predicted molar refractivity (Wildman–Crippen MR) is 73.0 cm³/mol. The van der Waals surface area contributed by atoms with Crippen molar-refractivity contribution in [3.8, 4) is 11.6 Å². The Morgan fingerprint density at radius 1 is 1.26 bits per heavy atom. The summed E-state index contributed by atoms with van der Waals surface area (Å²) in [6.07, 6.45) is 2.58. The van der Waals surface area contributed by atoms with Crippen molar-refractivity contribution in [3.63, 3.8) is 0 Å². The van der Waals surface area contributed by atoms with E-state index in [9.17, 15) is 8.42 Å². The van der Waals surface area contributed by atoms with E-state index in [1.54, 1.807) is 18.2 Å². The average Bonchev–Trinajstić information content (AvgIpc) is 2.33. The molecule has 1 heterocycles. The molecule has 0 aliphatic carbocycles. The Balaban J connectivity index is 2.47. The summed E-state index contributed by atoms with van der Waals surface area (Å²) in [6.45, 7) is 1.89. The predicted octanol–water partition coefficient (Wildman–Crippen LogP) is 2.17. The van der Waals surface area contributed by atoms with Gasteiger partial charge in [-0.1, -0.05) is 6.07 Å². The maximum absolute atomic E-state index is 11.6. The first-order valence-electron chi connectivity index (χ1n) is 5.57. The first-order chi connectivity index (χ1) is 8.88. The summed E-state index contributed by atoms with van der Waals surface area (Å²) in [5.74, 6) is 0.422. The van der Waals surface area contributed by atoms with E-state index in [4.69, 9.17) is 10.5 Å². The van der Waals surface area contributed by atoms with Crippen molar-refractivity contribution in [2.24, 2.45) is 0 Å². The third-order valence-corrected chi connectivity index (χ3v) is 3.62. The smallest absolute Gasteiger partial charge is 0.238 e. The molecule has 2 aromatic rings. The molecule has 0 aliphatic rings. The first kappa shape index (κ1) is 13.4. The molecule has 2 N–H and O–H groups in total. The fraction of sp³-hybridized carbons (Fsp3) is 0.154. The number of nitrogen functional groups attached to an aromatic ring is 1. The summed E-state index contributed by atoms with van der Waals surface area (Å²) in [4.78, 5) is 3.99. The molecule has 0 spiro atoms. The molecule has 0 fully saturated rings. The molecule has 0 saturated heterocycles. The highest BCUT2D eigenvalue weighted by Gasteiger charge is 2.16. The Labute approximate surface area is 112 Å². The minimum atomic E-state index is -3.40. The van der Waals surface area contributed by atoms with Crippen LogP contribution in [0.3, 0.4) is 0 Å². The Bertz CT molecular complexity index is 712. The van der Waals surface area contributed by atoms with Crippen molar-refractivity contribution in [2.45, 2.75) is 11.8 Å². The van der Waals surface area contributed by atoms with Gasteiger partial charge in [0.2, 0.25) is 5.88 Å². The second-order valence-corrected chi connectivity index (χ2v) is 6.21. The fourth-order valence-corrected chi connectivity index (χ4v) is 2.31. The normalized spacial score (nSPS) is 11.3. The van der Waals surface area contributed by atoms with Crippen LogP contribution in [-0.2, 0) is 9.84 Å². The van der Waals surface area contributed by atoms with Crippen molar-refractivity contribution in [1.29, 1.82) is 0 Å². The number of hydrogen-bond donors (Lipinski definition) is 1. The number of anilines is 1. The molecular formula is C13H14N2O3S. The van der Waals surface area contributed by atoms with Crippen LogP contribution in [0.5, 0.6) is 11.6 Å². The Morgan fingerprint density at radius 2 is 2.00 bits per heavy atom. The molecule has 5 nitrogen and oxygen atoms in total. The number of nitrogens with zero attached hydrogens (tertiary/aromatic N) is 1. The van der Waals surface area contributed by atoms with Gasteiger partial charge in [0.1, 0.15) is 4.90 Å². The van der Waals surface area contributed by atoms with Crippen LogP contribution in [-0.4, -0.2) is 19.7 Å². The highest BCUT2D eigenvalue weighted by atomic mass is 32.2. The first-order valence-corrected chi connectivity index (χ1v) is 7.46. The van der Waals surface area contributed by atoms with E-state index in [0.717, 1.165) is 11.8 Å². The zero-order valence-corrected chi connectivity index (χ0v) is 11.4. The van der Waals surface area contributed by atoms with Gasteiger partial charge < -0.3 is 10.5 Å². The number of aryl methyl sites for hydroxylation is 1. The molecule has 100 valence electrons. The van der Waals surface area contributed by atoms with Gasteiger partial charge in [-0.3, -0.25) is 0 Å². The van der Waals surface area contributed by atoms with Gasteiger partial charge in [0.25, 0.3) is 0 Å². The molecule has 19 heavy (non-hydrogen) atoms. The fourth-order valence-electron chi connectivity index (χ4n) is 1.57. The lowest BCUT2D eigenvalue weighted by Crippen LogP contribution is -2.02. The number of ether oxygens (including phenoxy) is 1. The number of benzene rings is 1. The number of pyridine rings is 1. The SMILES string of the molecule is Cc1ccc(N)c(Oc2ncccc2S(C)(=O)=O)c1. The molecule has 6 heteroatoms. The third kappa shape index (κ3) is 3.03. The number of sulfone groups is 1. The van der Waals surface area contributed by atoms with Gasteiger partial charge >= 0.3 is 0 Å². The van der Waals surface area contributed by atoms with E-state index in [2.05, 4.69) is 4.98 Å². The van der Waals surface area contributed by atoms with Crippen molar-refractivity contribution in [1.82, 2.24) is 4.98 Å². The van der Waals surface area contributed by atoms with Crippen LogP contribution in [0, 0.1) is 6.92 Å². The van der Waals surface area contributed by atoms with E-state index >= 15 is 0 Å². The quantitative estimate of drug-likeness (QED) is 0.870. The lowest BCUT2D eigenvalue weighted by molar-refractivity contribution is 0.449. The van der Waals surface area contributed by atoms with E-state index in [-0.39, 0.29) is 10.8 Å². The summed E-state index contributed by atoms with van der Waals surface area (Å²) >= 11 is 0. The van der Waals surface area contributed by atoms with Crippen LogP contribution in [0.1, 0.15) is 5.56 Å². The zero-order valence-electron chi connectivity index (χ0n) is 10.6. The molecule has 0 aliphatic heterocycles. The Morgan fingerprint density at radius 3 is 2.68 bits per heavy atom. The molecule has 0 atom stereocenters. The van der Waals surface area contributed by atoms with Crippen LogP contribution < -0.4 is 10.5 Å². The number of rotatable bonds is 3. The molecule has 0 amide bonds. The minimum Gasteiger partial charge on any atom is -0.436 e. The number of hydrogen-bond acceptors (Lipinski definition) is 5. The maximum atomic E-state index is 11.6. The molecule has 0 bridgehead atoms. The zero-order chi connectivity index (χ0) is 14.0. The van der Waals surface area contributed by atoms with Gasteiger partial charge in [0, 0.05) is 12.5 Å². The molecule has 2 rings (SSSR count). The van der Waals surface area contributed by atoms with Gasteiger partial charge in [0.15, 0.2) is 15.6 Å². The summed E-state index contributed by atoms with van der Waals surface area (Å²) in [5, 5.41) is 0. The van der Waals surface area contributed by atoms with Crippen LogP contribution in [0.25, 0.3) is 0 Å². The molecule has 1 aromatic heterocycles. The van der Waals surface area contributed by atoms with Crippen LogP contribution in [0.15, 0.2) is 41.4 Å². The molecule has 0 saturated carbocycles. The number of aromatic nitrogens is 1. The lowest BCUT2D eigenvalue weighted by Gasteiger charge is -2.10. The summed E-state index contributed by atoms with van der Waals surface area (Å²) in [5.41, 5.74) is 7.18. The van der Waals surface area contributed by atoms with Crippen LogP contribution in [0.4, 0.5) is 5.69 Å². The maximum Gasteiger partial charge on any atom is 0.238 e. The van der Waals surface area contributed by atoms with Crippen molar-refractivity contribution < 1.29 is 13.2 Å². The number of nitrogens with two attached hydrogens (primary N) is 1. The van der Waals surface area contributed by atoms with Gasteiger partial charge in [-0.25, -0.2) is 13.4 Å².